The van der Waals surface area contributed by atoms with Gasteiger partial charge in [0, 0.05) is 11.6 Å². The monoisotopic (exact) mass is 329 g/mol. The lowest BCUT2D eigenvalue weighted by molar-refractivity contribution is -0.145. The largest absolute Gasteiger partial charge is 0.462 e. The molecule has 3 aliphatic rings. The van der Waals surface area contributed by atoms with E-state index >= 15 is 0 Å². The van der Waals surface area contributed by atoms with Crippen molar-refractivity contribution < 1.29 is 23.9 Å². The predicted octanol–water partition coefficient (Wildman–Crippen LogP) is 2.00. The maximum atomic E-state index is 12.6. The Labute approximate surface area is 139 Å². The average Bonchev–Trinajstić information content (AvgIpc) is 3.17. The molecule has 1 aliphatic heterocycles. The van der Waals surface area contributed by atoms with E-state index in [1.807, 2.05) is 0 Å². The molecule has 5 atom stereocenters. The molecule has 6 nitrogen and oxygen atoms in total. The Morgan fingerprint density at radius 3 is 2.71 bits per heavy atom. The third-order valence-electron chi connectivity index (χ3n) is 5.45. The van der Waals surface area contributed by atoms with Crippen LogP contribution < -0.4 is 5.32 Å². The topological polar surface area (TPSA) is 81.7 Å². The minimum atomic E-state index is -0.386. The van der Waals surface area contributed by atoms with E-state index in [9.17, 15) is 14.4 Å². The van der Waals surface area contributed by atoms with Gasteiger partial charge in [-0.05, 0) is 49.9 Å². The maximum absolute atomic E-state index is 12.6. The highest BCUT2D eigenvalue weighted by molar-refractivity contribution is 5.97. The summed E-state index contributed by atoms with van der Waals surface area (Å²) in [4.78, 5) is 36.3. The van der Waals surface area contributed by atoms with Gasteiger partial charge in [0.2, 0.25) is 5.91 Å². The van der Waals surface area contributed by atoms with Crippen molar-refractivity contribution in [3.63, 3.8) is 0 Å². The van der Waals surface area contributed by atoms with E-state index in [1.165, 1.54) is 0 Å². The van der Waals surface area contributed by atoms with Gasteiger partial charge in [-0.15, -0.1) is 0 Å². The van der Waals surface area contributed by atoms with Crippen molar-refractivity contribution >= 4 is 23.5 Å². The first-order valence-electron chi connectivity index (χ1n) is 8.37. The number of fused-ring (bicyclic) bond motifs is 1. The Balaban J connectivity index is 1.45. The first kappa shape index (κ1) is 15.2. The summed E-state index contributed by atoms with van der Waals surface area (Å²) in [5, 5.41) is 2.87. The van der Waals surface area contributed by atoms with E-state index in [0.717, 1.165) is 12.8 Å². The van der Waals surface area contributed by atoms with Gasteiger partial charge in [0.25, 0.3) is 0 Å². The van der Waals surface area contributed by atoms with Gasteiger partial charge in [-0.25, -0.2) is 4.79 Å². The van der Waals surface area contributed by atoms with Gasteiger partial charge in [0.05, 0.1) is 24.0 Å². The van der Waals surface area contributed by atoms with Gasteiger partial charge in [-0.1, -0.05) is 0 Å². The Kier molecular flexibility index (Phi) is 3.55. The molecule has 2 bridgehead atoms. The Hall–Kier alpha value is -2.37. The molecule has 4 rings (SSSR count). The van der Waals surface area contributed by atoms with Crippen LogP contribution in [-0.4, -0.2) is 30.6 Å². The van der Waals surface area contributed by atoms with Crippen LogP contribution in [0.25, 0.3) is 0 Å². The highest BCUT2D eigenvalue weighted by Gasteiger charge is 2.63. The van der Waals surface area contributed by atoms with Crippen LogP contribution >= 0.6 is 0 Å². The van der Waals surface area contributed by atoms with Gasteiger partial charge in [-0.2, -0.15) is 0 Å². The lowest BCUT2D eigenvalue weighted by atomic mass is 9.79. The molecule has 3 fully saturated rings. The van der Waals surface area contributed by atoms with Crippen LogP contribution in [0.3, 0.4) is 0 Å². The average molecular weight is 329 g/mol. The number of anilines is 1. The molecular weight excluding hydrogens is 310 g/mol. The normalized spacial score (nSPS) is 32.5. The van der Waals surface area contributed by atoms with Crippen LogP contribution in [0.5, 0.6) is 0 Å². The van der Waals surface area contributed by atoms with Crippen LogP contribution in [0, 0.1) is 23.7 Å². The molecule has 1 N–H and O–H groups in total. The number of carbonyl (C=O) groups is 3. The molecule has 0 radical (unpaired) electrons. The summed E-state index contributed by atoms with van der Waals surface area (Å²) >= 11 is 0. The van der Waals surface area contributed by atoms with E-state index in [0.29, 0.717) is 17.9 Å². The van der Waals surface area contributed by atoms with Gasteiger partial charge in [0.15, 0.2) is 0 Å². The number of amides is 1. The molecule has 2 saturated carbocycles. The van der Waals surface area contributed by atoms with Crippen LogP contribution in [0.1, 0.15) is 30.1 Å². The van der Waals surface area contributed by atoms with Crippen molar-refractivity contribution in [2.75, 3.05) is 11.9 Å². The highest BCUT2D eigenvalue weighted by Crippen LogP contribution is 2.57. The Morgan fingerprint density at radius 2 is 2.00 bits per heavy atom. The Bertz CT molecular complexity index is 696. The molecule has 1 saturated heterocycles. The van der Waals surface area contributed by atoms with Crippen LogP contribution in [-0.2, 0) is 19.1 Å². The number of benzene rings is 1. The molecule has 2 aliphatic carbocycles. The van der Waals surface area contributed by atoms with Gasteiger partial charge >= 0.3 is 11.9 Å². The molecule has 6 heteroatoms. The molecule has 0 unspecified atom stereocenters. The van der Waals surface area contributed by atoms with E-state index in [-0.39, 0.29) is 47.6 Å². The van der Waals surface area contributed by atoms with E-state index in [4.69, 9.17) is 9.47 Å². The standard InChI is InChI=1S/C18H19NO5/c1-2-23-17(21)9-3-5-11(6-4-9)19-16(20)14-10-7-12-13(8-10)24-18(22)15(12)14/h3-6,10,12-15H,2,7-8H2,1H3,(H,19,20)/t10-,12+,13-,14-,15+/m0/s1. The molecule has 1 aromatic carbocycles. The third kappa shape index (κ3) is 2.28. The lowest BCUT2D eigenvalue weighted by Crippen LogP contribution is -2.35. The van der Waals surface area contributed by atoms with E-state index in [1.54, 1.807) is 31.2 Å². The maximum Gasteiger partial charge on any atom is 0.338 e. The zero-order valence-corrected chi connectivity index (χ0v) is 13.4. The fourth-order valence-electron chi connectivity index (χ4n) is 4.49. The molecule has 0 spiro atoms. The number of ether oxygens (including phenoxy) is 2. The number of hydrogen-bond acceptors (Lipinski definition) is 5. The lowest BCUT2D eigenvalue weighted by Gasteiger charge is -2.23. The number of esters is 2. The predicted molar refractivity (Wildman–Crippen MR) is 84.1 cm³/mol. The summed E-state index contributed by atoms with van der Waals surface area (Å²) in [5.74, 6) is -0.877. The van der Waals surface area contributed by atoms with Gasteiger partial charge in [0.1, 0.15) is 6.10 Å². The summed E-state index contributed by atoms with van der Waals surface area (Å²) < 4.78 is 10.3. The molecule has 0 aromatic heterocycles. The van der Waals surface area contributed by atoms with Crippen molar-refractivity contribution in [3.05, 3.63) is 29.8 Å². The first-order valence-corrected chi connectivity index (χ1v) is 8.37. The molecular formula is C18H19NO5. The second kappa shape index (κ2) is 5.61. The fraction of sp³-hybridized carbons (Fsp3) is 0.500. The summed E-state index contributed by atoms with van der Waals surface area (Å²) in [6.07, 6.45) is 1.73. The van der Waals surface area contributed by atoms with E-state index in [2.05, 4.69) is 5.32 Å². The van der Waals surface area contributed by atoms with Crippen molar-refractivity contribution in [2.24, 2.45) is 23.7 Å². The molecule has 1 heterocycles. The second-order valence-electron chi connectivity index (χ2n) is 6.71. The molecule has 1 amide bonds. The molecule has 1 aromatic rings. The zero-order chi connectivity index (χ0) is 16.8. The van der Waals surface area contributed by atoms with Crippen molar-refractivity contribution in [1.29, 1.82) is 0 Å². The summed E-state index contributed by atoms with van der Waals surface area (Å²) in [5.41, 5.74) is 1.05. The van der Waals surface area contributed by atoms with Gasteiger partial charge in [-0.3, -0.25) is 9.59 Å². The number of carbonyl (C=O) groups excluding carboxylic acids is 3. The van der Waals surface area contributed by atoms with Crippen molar-refractivity contribution in [3.8, 4) is 0 Å². The second-order valence-corrected chi connectivity index (χ2v) is 6.71. The summed E-state index contributed by atoms with van der Waals surface area (Å²) in [7, 11) is 0. The van der Waals surface area contributed by atoms with Crippen molar-refractivity contribution in [2.45, 2.75) is 25.9 Å². The van der Waals surface area contributed by atoms with Crippen LogP contribution in [0.2, 0.25) is 0 Å². The van der Waals surface area contributed by atoms with E-state index < -0.39 is 0 Å². The third-order valence-corrected chi connectivity index (χ3v) is 5.45. The molecule has 126 valence electrons. The summed E-state index contributed by atoms with van der Waals surface area (Å²) in [6, 6.07) is 6.59. The minimum absolute atomic E-state index is 0.0282. The zero-order valence-electron chi connectivity index (χ0n) is 13.4. The number of hydrogen-bond donors (Lipinski definition) is 1. The quantitative estimate of drug-likeness (QED) is 0.855. The molecule has 24 heavy (non-hydrogen) atoms. The SMILES string of the molecule is CCOC(=O)c1ccc(NC(=O)[C@H]2[C@H]3C[C@H]4[C@H]2C(=O)O[C@H]4C3)cc1. The van der Waals surface area contributed by atoms with Crippen LogP contribution in [0.4, 0.5) is 5.69 Å². The van der Waals surface area contributed by atoms with Gasteiger partial charge < -0.3 is 14.8 Å². The number of nitrogens with one attached hydrogen (secondary N) is 1. The summed E-state index contributed by atoms with van der Waals surface area (Å²) in [6.45, 7) is 2.07. The fourth-order valence-corrected chi connectivity index (χ4v) is 4.49. The minimum Gasteiger partial charge on any atom is -0.462 e. The first-order chi connectivity index (χ1) is 11.6. The smallest absolute Gasteiger partial charge is 0.338 e. The number of rotatable bonds is 4. The van der Waals surface area contributed by atoms with Crippen molar-refractivity contribution in [1.82, 2.24) is 0 Å². The highest BCUT2D eigenvalue weighted by atomic mass is 16.6. The van der Waals surface area contributed by atoms with Crippen LogP contribution in [0.15, 0.2) is 24.3 Å². The Morgan fingerprint density at radius 1 is 1.25 bits per heavy atom.